The Morgan fingerprint density at radius 3 is 1.38 bits per heavy atom. The normalized spacial score (nSPS) is 13.9. The monoisotopic (exact) mass is 693 g/mol. The van der Waals surface area contributed by atoms with Crippen LogP contribution in [0.3, 0.4) is 0 Å². The molecule has 0 rings (SSSR count). The molecule has 282 valence electrons. The number of rotatable bonds is 37. The molecule has 0 aromatic carbocycles. The van der Waals surface area contributed by atoms with Crippen LogP contribution >= 0.6 is 7.82 Å². The summed E-state index contributed by atoms with van der Waals surface area (Å²) in [6.45, 7) is 5.41. The van der Waals surface area contributed by atoms with Gasteiger partial charge in [-0.3, -0.25) is 13.8 Å². The van der Waals surface area contributed by atoms with Gasteiger partial charge in [0.2, 0.25) is 0 Å². The minimum absolute atomic E-state index is 0.0915. The van der Waals surface area contributed by atoms with Crippen molar-refractivity contribution in [1.29, 1.82) is 0 Å². The second-order valence-corrected chi connectivity index (χ2v) is 16.1. The van der Waals surface area contributed by atoms with Gasteiger partial charge in [-0.15, -0.1) is 0 Å². The number of quaternary nitrogens is 1. The number of phosphoric acid groups is 1. The topological polar surface area (TPSA) is 91.3 Å². The highest BCUT2D eigenvalue weighted by atomic mass is 31.2. The average Bonchev–Trinajstić information content (AvgIpc) is 3.01. The van der Waals surface area contributed by atoms with E-state index in [1.165, 1.54) is 135 Å². The number of carbonyl (C=O) groups is 1. The summed E-state index contributed by atoms with van der Waals surface area (Å²) in [5.74, 6) is -0.345. The first-order chi connectivity index (χ1) is 22.6. The van der Waals surface area contributed by atoms with Gasteiger partial charge in [-0.25, -0.2) is 4.57 Å². The Labute approximate surface area is 291 Å². The maximum absolute atomic E-state index is 12.3. The van der Waals surface area contributed by atoms with Gasteiger partial charge in [-0.2, -0.15) is 0 Å². The quantitative estimate of drug-likeness (QED) is 0.0300. The zero-order valence-corrected chi connectivity index (χ0v) is 32.7. The Hall–Kier alpha value is -0.500. The van der Waals surface area contributed by atoms with Gasteiger partial charge in [0, 0.05) is 13.0 Å². The Balaban J connectivity index is 3.74. The van der Waals surface area contributed by atoms with E-state index in [1.807, 2.05) is 28.1 Å². The molecule has 2 unspecified atom stereocenters. The summed E-state index contributed by atoms with van der Waals surface area (Å²) < 4.78 is 34.3. The number of carbonyl (C=O) groups excluding carboxylic acids is 1. The van der Waals surface area contributed by atoms with Crippen LogP contribution < -0.4 is 0 Å². The fourth-order valence-electron chi connectivity index (χ4n) is 5.53. The highest BCUT2D eigenvalue weighted by Crippen LogP contribution is 2.43. The summed E-state index contributed by atoms with van der Waals surface area (Å²) in [5.41, 5.74) is 0. The Bertz CT molecular complexity index is 731. The van der Waals surface area contributed by atoms with E-state index < -0.39 is 13.9 Å². The van der Waals surface area contributed by atoms with Crippen molar-refractivity contribution in [3.05, 3.63) is 0 Å². The van der Waals surface area contributed by atoms with Crippen molar-refractivity contribution in [2.75, 3.05) is 54.1 Å². The van der Waals surface area contributed by atoms with Crippen molar-refractivity contribution in [2.24, 2.45) is 0 Å². The van der Waals surface area contributed by atoms with Crippen molar-refractivity contribution in [3.8, 4) is 0 Å². The minimum atomic E-state index is -4.24. The molecular weight excluding hydrogens is 613 g/mol. The molecule has 0 saturated heterocycles. The van der Waals surface area contributed by atoms with Crippen molar-refractivity contribution >= 4 is 13.8 Å². The largest absolute Gasteiger partial charge is 0.472 e. The third-order valence-electron chi connectivity index (χ3n) is 8.67. The molecule has 0 aliphatic heterocycles. The summed E-state index contributed by atoms with van der Waals surface area (Å²) in [4.78, 5) is 22.2. The second-order valence-electron chi connectivity index (χ2n) is 14.7. The molecular formula is C38H79NO7P+. The van der Waals surface area contributed by atoms with Crippen LogP contribution in [-0.4, -0.2) is 75.6 Å². The number of hydrogen-bond acceptors (Lipinski definition) is 6. The number of esters is 1. The molecule has 9 heteroatoms. The van der Waals surface area contributed by atoms with Gasteiger partial charge < -0.3 is 18.9 Å². The van der Waals surface area contributed by atoms with Crippen LogP contribution in [0.4, 0.5) is 0 Å². The number of hydrogen-bond donors (Lipinski definition) is 1. The Kier molecular flexibility index (Phi) is 32.3. The molecule has 0 amide bonds. The number of unbranched alkanes of at least 4 members (excludes halogenated alkanes) is 23. The summed E-state index contributed by atoms with van der Waals surface area (Å²) in [6, 6.07) is 0. The van der Waals surface area contributed by atoms with Gasteiger partial charge >= 0.3 is 13.8 Å². The van der Waals surface area contributed by atoms with Crippen LogP contribution in [0, 0.1) is 0 Å². The first-order valence-corrected chi connectivity index (χ1v) is 21.3. The molecule has 0 bridgehead atoms. The van der Waals surface area contributed by atoms with E-state index in [4.69, 9.17) is 18.5 Å². The number of likely N-dealkylation sites (N-methyl/N-ethyl adjacent to an activating group) is 1. The van der Waals surface area contributed by atoms with Gasteiger partial charge in [0.05, 0.1) is 34.4 Å². The van der Waals surface area contributed by atoms with E-state index in [0.29, 0.717) is 24.1 Å². The third kappa shape index (κ3) is 36.6. The minimum Gasteiger partial charge on any atom is -0.457 e. The molecule has 0 spiro atoms. The van der Waals surface area contributed by atoms with Crippen LogP contribution in [0.25, 0.3) is 0 Å². The molecule has 0 aliphatic carbocycles. The summed E-state index contributed by atoms with van der Waals surface area (Å²) >= 11 is 0. The Morgan fingerprint density at radius 1 is 0.574 bits per heavy atom. The molecule has 0 aromatic rings. The molecule has 2 atom stereocenters. The van der Waals surface area contributed by atoms with Crippen molar-refractivity contribution in [1.82, 2.24) is 0 Å². The van der Waals surface area contributed by atoms with Crippen LogP contribution in [-0.2, 0) is 27.9 Å². The van der Waals surface area contributed by atoms with E-state index in [0.717, 1.165) is 25.7 Å². The molecule has 0 saturated carbocycles. The fourth-order valence-corrected chi connectivity index (χ4v) is 6.27. The smallest absolute Gasteiger partial charge is 0.457 e. The molecule has 8 nitrogen and oxygen atoms in total. The molecule has 0 aliphatic rings. The van der Waals surface area contributed by atoms with Gasteiger partial charge in [-0.05, 0) is 12.8 Å². The molecule has 47 heavy (non-hydrogen) atoms. The van der Waals surface area contributed by atoms with Gasteiger partial charge in [-0.1, -0.05) is 162 Å². The third-order valence-corrected chi connectivity index (χ3v) is 9.65. The van der Waals surface area contributed by atoms with Gasteiger partial charge in [0.1, 0.15) is 19.3 Å². The highest BCUT2D eigenvalue weighted by Gasteiger charge is 2.26. The van der Waals surface area contributed by atoms with Crippen molar-refractivity contribution in [2.45, 2.75) is 187 Å². The summed E-state index contributed by atoms with van der Waals surface area (Å²) in [6.07, 6.45) is 32.5. The van der Waals surface area contributed by atoms with Crippen molar-refractivity contribution < 1.29 is 37.3 Å². The number of phosphoric ester groups is 1. The molecule has 0 aromatic heterocycles. The van der Waals surface area contributed by atoms with E-state index in [2.05, 4.69) is 6.92 Å². The van der Waals surface area contributed by atoms with E-state index >= 15 is 0 Å². The SMILES string of the molecule is CCCCCCCCCCCCCCCCCCCCCCCCCOCC(COP(=O)(O)OCC[N+](C)(C)C)OC(=O)CCCC. The number of nitrogens with zero attached hydrogens (tertiary/aromatic N) is 1. The maximum Gasteiger partial charge on any atom is 0.472 e. The lowest BCUT2D eigenvalue weighted by Gasteiger charge is -2.24. The highest BCUT2D eigenvalue weighted by molar-refractivity contribution is 7.47. The van der Waals surface area contributed by atoms with Crippen LogP contribution in [0.2, 0.25) is 0 Å². The maximum atomic E-state index is 12.3. The molecule has 1 N–H and O–H groups in total. The van der Waals surface area contributed by atoms with Gasteiger partial charge in [0.15, 0.2) is 0 Å². The summed E-state index contributed by atoms with van der Waals surface area (Å²) in [5, 5.41) is 0. The first kappa shape index (κ1) is 46.5. The molecule has 0 fully saturated rings. The second kappa shape index (κ2) is 32.7. The van der Waals surface area contributed by atoms with E-state index in [9.17, 15) is 14.3 Å². The fraction of sp³-hybridized carbons (Fsp3) is 0.974. The van der Waals surface area contributed by atoms with E-state index in [-0.39, 0.29) is 25.8 Å². The summed E-state index contributed by atoms with van der Waals surface area (Å²) in [7, 11) is 1.67. The van der Waals surface area contributed by atoms with Gasteiger partial charge in [0.25, 0.3) is 0 Å². The van der Waals surface area contributed by atoms with E-state index in [1.54, 1.807) is 0 Å². The first-order valence-electron chi connectivity index (χ1n) is 19.8. The molecule has 0 radical (unpaired) electrons. The van der Waals surface area contributed by atoms with Crippen LogP contribution in [0.1, 0.15) is 181 Å². The van der Waals surface area contributed by atoms with Crippen LogP contribution in [0.15, 0.2) is 0 Å². The predicted octanol–water partition coefficient (Wildman–Crippen LogP) is 10.9. The lowest BCUT2D eigenvalue weighted by atomic mass is 10.0. The zero-order chi connectivity index (χ0) is 34.9. The average molecular weight is 693 g/mol. The standard InChI is InChI=1S/C38H78NO7P/c1-6-8-10-11-12-13-14-15-16-17-18-19-20-21-22-23-24-25-26-27-28-29-30-33-43-35-37(46-38(40)31-9-7-2)36-45-47(41,42)44-34-32-39(3,4)5/h37H,6-36H2,1-5H3/p+1. The predicted molar refractivity (Wildman–Crippen MR) is 197 cm³/mol. The Morgan fingerprint density at radius 2 is 0.979 bits per heavy atom. The van der Waals surface area contributed by atoms with Crippen LogP contribution in [0.5, 0.6) is 0 Å². The molecule has 0 heterocycles. The zero-order valence-electron chi connectivity index (χ0n) is 31.8. The number of ether oxygens (including phenoxy) is 2. The lowest BCUT2D eigenvalue weighted by Crippen LogP contribution is -2.37. The lowest BCUT2D eigenvalue weighted by molar-refractivity contribution is -0.870. The van der Waals surface area contributed by atoms with Crippen molar-refractivity contribution in [3.63, 3.8) is 0 Å².